The number of hydrogen-bond donors (Lipinski definition) is 2. The Morgan fingerprint density at radius 3 is 2.94 bits per heavy atom. The minimum atomic E-state index is 0.271. The Morgan fingerprint density at radius 2 is 2.31 bits per heavy atom. The molecule has 0 aliphatic carbocycles. The van der Waals surface area contributed by atoms with Gasteiger partial charge in [-0.05, 0) is 13.0 Å². The first-order valence-electron chi connectivity index (χ1n) is 4.96. The van der Waals surface area contributed by atoms with E-state index in [1.54, 1.807) is 16.9 Å². The number of aryl methyl sites for hydroxylation is 2. The molecule has 0 radical (unpaired) electrons. The third-order valence-corrected chi connectivity index (χ3v) is 2.25. The molecule has 84 valence electrons. The zero-order valence-corrected chi connectivity index (χ0v) is 9.31. The molecule has 0 bridgehead atoms. The molecule has 0 aliphatic heterocycles. The maximum atomic E-state index is 5.48. The number of aromatic nitrogens is 4. The van der Waals surface area contributed by atoms with Crippen molar-refractivity contribution in [1.29, 1.82) is 0 Å². The highest BCUT2D eigenvalue weighted by atomic mass is 15.3. The number of nitrogens with one attached hydrogen (secondary N) is 1. The van der Waals surface area contributed by atoms with Crippen LogP contribution in [0.1, 0.15) is 11.3 Å². The highest BCUT2D eigenvalue weighted by molar-refractivity contribution is 5.38. The summed E-state index contributed by atoms with van der Waals surface area (Å²) in [5.74, 6) is 0.990. The Labute approximate surface area is 93.5 Å². The van der Waals surface area contributed by atoms with Gasteiger partial charge in [-0.2, -0.15) is 10.1 Å². The fraction of sp³-hybridized carbons (Fsp3) is 0.300. The molecule has 0 aliphatic rings. The summed E-state index contributed by atoms with van der Waals surface area (Å²) < 4.78 is 1.79. The lowest BCUT2D eigenvalue weighted by Crippen LogP contribution is -2.04. The van der Waals surface area contributed by atoms with Gasteiger partial charge < -0.3 is 11.1 Å². The molecule has 2 aromatic rings. The van der Waals surface area contributed by atoms with Crippen LogP contribution in [0.5, 0.6) is 0 Å². The van der Waals surface area contributed by atoms with Crippen molar-refractivity contribution in [2.24, 2.45) is 7.05 Å². The second-order valence-electron chi connectivity index (χ2n) is 3.57. The summed E-state index contributed by atoms with van der Waals surface area (Å²) in [6.45, 7) is 2.65. The van der Waals surface area contributed by atoms with Crippen LogP contribution in [0.4, 0.5) is 11.8 Å². The summed E-state index contributed by atoms with van der Waals surface area (Å²) in [6.07, 6.45) is 3.60. The van der Waals surface area contributed by atoms with E-state index in [9.17, 15) is 0 Å². The van der Waals surface area contributed by atoms with Crippen molar-refractivity contribution in [1.82, 2.24) is 19.7 Å². The first-order valence-corrected chi connectivity index (χ1v) is 4.96. The van der Waals surface area contributed by atoms with E-state index in [0.29, 0.717) is 6.54 Å². The molecule has 2 aromatic heterocycles. The molecule has 0 atom stereocenters. The molecule has 0 saturated carbocycles. The highest BCUT2D eigenvalue weighted by Crippen LogP contribution is 2.08. The van der Waals surface area contributed by atoms with Gasteiger partial charge in [-0.3, -0.25) is 4.68 Å². The van der Waals surface area contributed by atoms with Crippen molar-refractivity contribution in [2.75, 3.05) is 11.1 Å². The third kappa shape index (κ3) is 2.28. The number of nitrogens with two attached hydrogens (primary N) is 1. The van der Waals surface area contributed by atoms with Gasteiger partial charge in [-0.25, -0.2) is 4.98 Å². The largest absolute Gasteiger partial charge is 0.368 e. The standard InChI is InChI=1S/C10H14N6/c1-7-8(6-16(2)15-7)5-13-9-3-4-12-10(11)14-9/h3-4,6H,5H2,1-2H3,(H3,11,12,13,14). The molecule has 3 N–H and O–H groups in total. The van der Waals surface area contributed by atoms with Gasteiger partial charge in [0.2, 0.25) is 5.95 Å². The van der Waals surface area contributed by atoms with E-state index in [4.69, 9.17) is 5.73 Å². The average Bonchev–Trinajstić information content (AvgIpc) is 2.54. The Hall–Kier alpha value is -2.11. The third-order valence-electron chi connectivity index (χ3n) is 2.25. The molecule has 0 spiro atoms. The van der Waals surface area contributed by atoms with Crippen molar-refractivity contribution in [3.05, 3.63) is 29.7 Å². The van der Waals surface area contributed by atoms with Crippen LogP contribution in [0.3, 0.4) is 0 Å². The van der Waals surface area contributed by atoms with Gasteiger partial charge >= 0.3 is 0 Å². The second-order valence-corrected chi connectivity index (χ2v) is 3.57. The summed E-state index contributed by atoms with van der Waals surface area (Å²) in [5, 5.41) is 7.43. The van der Waals surface area contributed by atoms with Gasteiger partial charge in [-0.1, -0.05) is 0 Å². The van der Waals surface area contributed by atoms with Gasteiger partial charge in [0.25, 0.3) is 0 Å². The molecular weight excluding hydrogens is 204 g/mol. The monoisotopic (exact) mass is 218 g/mol. The van der Waals surface area contributed by atoms with Gasteiger partial charge in [0.05, 0.1) is 5.69 Å². The van der Waals surface area contributed by atoms with Crippen molar-refractivity contribution < 1.29 is 0 Å². The van der Waals surface area contributed by atoms with E-state index in [1.807, 2.05) is 20.2 Å². The quantitative estimate of drug-likeness (QED) is 0.793. The predicted octanol–water partition coefficient (Wildman–Crippen LogP) is 0.713. The van der Waals surface area contributed by atoms with Crippen molar-refractivity contribution in [3.63, 3.8) is 0 Å². The molecular formula is C10H14N6. The van der Waals surface area contributed by atoms with Crippen LogP contribution in [0.25, 0.3) is 0 Å². The van der Waals surface area contributed by atoms with E-state index < -0.39 is 0 Å². The smallest absolute Gasteiger partial charge is 0.221 e. The Balaban J connectivity index is 2.05. The lowest BCUT2D eigenvalue weighted by Gasteiger charge is -2.04. The molecule has 0 unspecified atom stereocenters. The topological polar surface area (TPSA) is 81.7 Å². The van der Waals surface area contributed by atoms with E-state index in [-0.39, 0.29) is 5.95 Å². The number of hydrogen-bond acceptors (Lipinski definition) is 5. The maximum absolute atomic E-state index is 5.48. The van der Waals surface area contributed by atoms with E-state index in [2.05, 4.69) is 20.4 Å². The SMILES string of the molecule is Cc1nn(C)cc1CNc1ccnc(N)n1. The zero-order valence-electron chi connectivity index (χ0n) is 9.31. The number of anilines is 2. The molecule has 6 nitrogen and oxygen atoms in total. The van der Waals surface area contributed by atoms with Gasteiger partial charge in [0.15, 0.2) is 0 Å². The van der Waals surface area contributed by atoms with Gasteiger partial charge in [-0.15, -0.1) is 0 Å². The molecule has 0 saturated heterocycles. The van der Waals surface area contributed by atoms with Crippen LogP contribution in [0.2, 0.25) is 0 Å². The first-order chi connectivity index (χ1) is 7.65. The minimum Gasteiger partial charge on any atom is -0.368 e. The summed E-state index contributed by atoms with van der Waals surface area (Å²) >= 11 is 0. The molecule has 0 amide bonds. The van der Waals surface area contributed by atoms with Crippen LogP contribution in [-0.4, -0.2) is 19.7 Å². The van der Waals surface area contributed by atoms with Crippen LogP contribution in [0.15, 0.2) is 18.5 Å². The Bertz CT molecular complexity index is 490. The van der Waals surface area contributed by atoms with Gasteiger partial charge in [0, 0.05) is 31.5 Å². The molecule has 6 heteroatoms. The lowest BCUT2D eigenvalue weighted by atomic mass is 10.2. The van der Waals surface area contributed by atoms with E-state index >= 15 is 0 Å². The summed E-state index contributed by atoms with van der Waals surface area (Å²) in [7, 11) is 1.90. The minimum absolute atomic E-state index is 0.271. The zero-order chi connectivity index (χ0) is 11.5. The fourth-order valence-electron chi connectivity index (χ4n) is 1.48. The predicted molar refractivity (Wildman–Crippen MR) is 61.7 cm³/mol. The van der Waals surface area contributed by atoms with Crippen LogP contribution in [0, 0.1) is 6.92 Å². The Morgan fingerprint density at radius 1 is 1.50 bits per heavy atom. The molecule has 0 aromatic carbocycles. The maximum Gasteiger partial charge on any atom is 0.221 e. The van der Waals surface area contributed by atoms with Crippen LogP contribution >= 0.6 is 0 Å². The van der Waals surface area contributed by atoms with E-state index in [1.165, 1.54) is 0 Å². The molecule has 2 rings (SSSR count). The summed E-state index contributed by atoms with van der Waals surface area (Å²) in [6, 6.07) is 1.78. The lowest BCUT2D eigenvalue weighted by molar-refractivity contribution is 0.756. The average molecular weight is 218 g/mol. The summed E-state index contributed by atoms with van der Waals surface area (Å²) in [5.41, 5.74) is 7.63. The summed E-state index contributed by atoms with van der Waals surface area (Å²) in [4.78, 5) is 7.88. The molecule has 2 heterocycles. The van der Waals surface area contributed by atoms with E-state index in [0.717, 1.165) is 17.1 Å². The fourth-order valence-corrected chi connectivity index (χ4v) is 1.48. The van der Waals surface area contributed by atoms with Crippen LogP contribution < -0.4 is 11.1 Å². The second kappa shape index (κ2) is 4.18. The number of nitrogens with zero attached hydrogens (tertiary/aromatic N) is 4. The molecule has 0 fully saturated rings. The highest BCUT2D eigenvalue weighted by Gasteiger charge is 2.03. The van der Waals surface area contributed by atoms with Crippen molar-refractivity contribution in [3.8, 4) is 0 Å². The first kappa shape index (κ1) is 10.4. The van der Waals surface area contributed by atoms with Crippen molar-refractivity contribution in [2.45, 2.75) is 13.5 Å². The normalized spacial score (nSPS) is 10.4. The number of nitrogen functional groups attached to an aromatic ring is 1. The van der Waals surface area contributed by atoms with Crippen molar-refractivity contribution >= 4 is 11.8 Å². The Kier molecular flexibility index (Phi) is 2.72. The van der Waals surface area contributed by atoms with Gasteiger partial charge in [0.1, 0.15) is 5.82 Å². The number of rotatable bonds is 3. The molecule has 16 heavy (non-hydrogen) atoms. The van der Waals surface area contributed by atoms with Crippen LogP contribution in [-0.2, 0) is 13.6 Å².